The first-order chi connectivity index (χ1) is 16.3. The summed E-state index contributed by atoms with van der Waals surface area (Å²) in [4.78, 5) is 37.4. The highest BCUT2D eigenvalue weighted by Crippen LogP contribution is 2.36. The number of non-ortho nitro benzene ring substituents is 1. The van der Waals surface area contributed by atoms with Gasteiger partial charge in [-0.15, -0.1) is 0 Å². The highest BCUT2D eigenvalue weighted by Gasteiger charge is 2.35. The molecule has 0 unspecified atom stereocenters. The van der Waals surface area contributed by atoms with E-state index >= 15 is 0 Å². The largest absolute Gasteiger partial charge is 0.488 e. The number of carbonyl (C=O) groups is 2. The maximum Gasteiger partial charge on any atom is 0.293 e. The minimum Gasteiger partial charge on any atom is -0.488 e. The maximum absolute atomic E-state index is 13.0. The van der Waals surface area contributed by atoms with Gasteiger partial charge in [-0.2, -0.15) is 0 Å². The minimum absolute atomic E-state index is 0.00617. The number of halogens is 2. The van der Waals surface area contributed by atoms with Crippen molar-refractivity contribution < 1.29 is 19.2 Å². The highest BCUT2D eigenvalue weighted by molar-refractivity contribution is 9.10. The summed E-state index contributed by atoms with van der Waals surface area (Å²) in [5.74, 6) is 0.150. The lowest BCUT2D eigenvalue weighted by Crippen LogP contribution is -2.27. The standard InChI is InChI=1S/C24H16Br2N2O5S/c25-18-3-1-2-16(10-18)13-27-23(29)22(34-24(27)30)12-17-11-19(26)6-9-21(17)33-14-15-4-7-20(8-5-15)28(31)32/h1-12H,13-14H2/b22-12-. The third-order valence-electron chi connectivity index (χ3n) is 4.90. The van der Waals surface area contributed by atoms with Gasteiger partial charge < -0.3 is 4.74 Å². The molecule has 10 heteroatoms. The van der Waals surface area contributed by atoms with Gasteiger partial charge in [0.25, 0.3) is 16.8 Å². The Morgan fingerprint density at radius 2 is 1.71 bits per heavy atom. The Kier molecular flexibility index (Phi) is 7.50. The zero-order chi connectivity index (χ0) is 24.2. The van der Waals surface area contributed by atoms with Gasteiger partial charge in [-0.3, -0.25) is 24.6 Å². The summed E-state index contributed by atoms with van der Waals surface area (Å²) in [7, 11) is 0. The number of hydrogen-bond donors (Lipinski definition) is 0. The van der Waals surface area contributed by atoms with Crippen LogP contribution in [0.15, 0.2) is 80.6 Å². The second-order valence-electron chi connectivity index (χ2n) is 7.29. The summed E-state index contributed by atoms with van der Waals surface area (Å²) < 4.78 is 7.59. The van der Waals surface area contributed by atoms with E-state index in [1.807, 2.05) is 30.3 Å². The lowest BCUT2D eigenvalue weighted by molar-refractivity contribution is -0.384. The summed E-state index contributed by atoms with van der Waals surface area (Å²) in [6, 6.07) is 18.9. The van der Waals surface area contributed by atoms with Gasteiger partial charge in [0.1, 0.15) is 12.4 Å². The quantitative estimate of drug-likeness (QED) is 0.165. The van der Waals surface area contributed by atoms with Crippen LogP contribution in [-0.2, 0) is 17.9 Å². The number of hydrogen-bond acceptors (Lipinski definition) is 6. The molecule has 3 aromatic rings. The van der Waals surface area contributed by atoms with Crippen LogP contribution in [-0.4, -0.2) is 21.0 Å². The van der Waals surface area contributed by atoms with Crippen LogP contribution in [0.4, 0.5) is 10.5 Å². The van der Waals surface area contributed by atoms with Crippen LogP contribution in [0.2, 0.25) is 0 Å². The average Bonchev–Trinajstić information content (AvgIpc) is 3.06. The molecular formula is C24H16Br2N2O5S. The van der Waals surface area contributed by atoms with Crippen molar-refractivity contribution in [3.05, 3.63) is 107 Å². The van der Waals surface area contributed by atoms with E-state index in [-0.39, 0.29) is 30.0 Å². The van der Waals surface area contributed by atoms with Crippen LogP contribution in [0.1, 0.15) is 16.7 Å². The number of nitrogens with zero attached hydrogens (tertiary/aromatic N) is 2. The third-order valence-corrected chi connectivity index (χ3v) is 6.80. The molecule has 3 aromatic carbocycles. The lowest BCUT2D eigenvalue weighted by Gasteiger charge is -2.13. The Morgan fingerprint density at radius 1 is 0.971 bits per heavy atom. The molecule has 0 atom stereocenters. The molecule has 172 valence electrons. The third kappa shape index (κ3) is 5.75. The van der Waals surface area contributed by atoms with Crippen molar-refractivity contribution in [3.63, 3.8) is 0 Å². The van der Waals surface area contributed by atoms with Gasteiger partial charge >= 0.3 is 0 Å². The van der Waals surface area contributed by atoms with Crippen LogP contribution in [0, 0.1) is 10.1 Å². The van der Waals surface area contributed by atoms with Crippen molar-refractivity contribution in [1.82, 2.24) is 4.90 Å². The molecule has 1 aliphatic rings. The van der Waals surface area contributed by atoms with Crippen LogP contribution in [0.3, 0.4) is 0 Å². The molecule has 2 amide bonds. The predicted octanol–water partition coefficient (Wildman–Crippen LogP) is 6.94. The van der Waals surface area contributed by atoms with E-state index in [1.165, 1.54) is 17.0 Å². The van der Waals surface area contributed by atoms with Gasteiger partial charge in [-0.05, 0) is 71.4 Å². The monoisotopic (exact) mass is 602 g/mol. The molecule has 0 saturated carbocycles. The molecule has 0 radical (unpaired) electrons. The van der Waals surface area contributed by atoms with Crippen molar-refractivity contribution in [2.75, 3.05) is 0 Å². The predicted molar refractivity (Wildman–Crippen MR) is 137 cm³/mol. The molecule has 0 aliphatic carbocycles. The molecule has 7 nitrogen and oxygen atoms in total. The molecule has 1 saturated heterocycles. The first kappa shape index (κ1) is 24.2. The fraction of sp³-hybridized carbons (Fsp3) is 0.0833. The lowest BCUT2D eigenvalue weighted by atomic mass is 10.1. The molecule has 34 heavy (non-hydrogen) atoms. The van der Waals surface area contributed by atoms with E-state index in [0.29, 0.717) is 16.2 Å². The van der Waals surface area contributed by atoms with Crippen LogP contribution >= 0.6 is 43.6 Å². The summed E-state index contributed by atoms with van der Waals surface area (Å²) in [6.07, 6.45) is 1.64. The first-order valence-corrected chi connectivity index (χ1v) is 12.4. The van der Waals surface area contributed by atoms with E-state index in [0.717, 1.165) is 31.8 Å². The number of imide groups is 1. The van der Waals surface area contributed by atoms with Crippen LogP contribution in [0.5, 0.6) is 5.75 Å². The normalized spacial score (nSPS) is 14.6. The van der Waals surface area contributed by atoms with Gasteiger partial charge in [-0.25, -0.2) is 0 Å². The Balaban J connectivity index is 1.53. The second kappa shape index (κ2) is 10.5. The van der Waals surface area contributed by atoms with Crippen molar-refractivity contribution in [3.8, 4) is 5.75 Å². The fourth-order valence-electron chi connectivity index (χ4n) is 3.23. The smallest absolute Gasteiger partial charge is 0.293 e. The van der Waals surface area contributed by atoms with E-state index in [9.17, 15) is 19.7 Å². The summed E-state index contributed by atoms with van der Waals surface area (Å²) in [5.41, 5.74) is 2.23. The molecule has 0 bridgehead atoms. The number of nitro groups is 1. The van der Waals surface area contributed by atoms with Crippen molar-refractivity contribution in [2.45, 2.75) is 13.2 Å². The fourth-order valence-corrected chi connectivity index (χ4v) is 4.89. The number of rotatable bonds is 7. The van der Waals surface area contributed by atoms with Gasteiger partial charge in [0.2, 0.25) is 0 Å². The molecule has 0 aromatic heterocycles. The van der Waals surface area contributed by atoms with E-state index in [4.69, 9.17) is 4.74 Å². The molecule has 4 rings (SSSR count). The first-order valence-electron chi connectivity index (χ1n) is 9.95. The molecule has 0 spiro atoms. The number of ether oxygens (including phenoxy) is 1. The average molecular weight is 604 g/mol. The Labute approximate surface area is 216 Å². The van der Waals surface area contributed by atoms with E-state index < -0.39 is 4.92 Å². The molecule has 1 heterocycles. The maximum atomic E-state index is 13.0. The second-order valence-corrected chi connectivity index (χ2v) is 10.1. The number of thioether (sulfide) groups is 1. The van der Waals surface area contributed by atoms with E-state index in [2.05, 4.69) is 31.9 Å². The Morgan fingerprint density at radius 3 is 2.41 bits per heavy atom. The zero-order valence-electron chi connectivity index (χ0n) is 17.4. The summed E-state index contributed by atoms with van der Waals surface area (Å²) in [6.45, 7) is 0.369. The minimum atomic E-state index is -0.457. The van der Waals surface area contributed by atoms with Crippen molar-refractivity contribution in [2.24, 2.45) is 0 Å². The molecule has 0 N–H and O–H groups in total. The zero-order valence-corrected chi connectivity index (χ0v) is 21.4. The number of nitro benzene ring substituents is 1. The van der Waals surface area contributed by atoms with Crippen molar-refractivity contribution >= 4 is 66.5 Å². The summed E-state index contributed by atoms with van der Waals surface area (Å²) in [5, 5.41) is 10.5. The van der Waals surface area contributed by atoms with Crippen molar-refractivity contribution in [1.29, 1.82) is 0 Å². The number of amides is 2. The molecular weight excluding hydrogens is 588 g/mol. The molecule has 1 aliphatic heterocycles. The van der Waals surface area contributed by atoms with Gasteiger partial charge in [0, 0.05) is 26.6 Å². The SMILES string of the molecule is O=C1S/C(=C\c2cc(Br)ccc2OCc2ccc([N+](=O)[O-])cc2)C(=O)N1Cc1cccc(Br)c1. The van der Waals surface area contributed by atoms with Gasteiger partial charge in [-0.1, -0.05) is 44.0 Å². The Hall–Kier alpha value is -2.95. The van der Waals surface area contributed by atoms with Crippen LogP contribution < -0.4 is 4.74 Å². The summed E-state index contributed by atoms with van der Waals surface area (Å²) >= 11 is 7.72. The topological polar surface area (TPSA) is 89.7 Å². The van der Waals surface area contributed by atoms with E-state index in [1.54, 1.807) is 30.3 Å². The van der Waals surface area contributed by atoms with Gasteiger partial charge in [0.05, 0.1) is 16.4 Å². The number of benzene rings is 3. The van der Waals surface area contributed by atoms with Crippen LogP contribution in [0.25, 0.3) is 6.08 Å². The number of carbonyl (C=O) groups excluding carboxylic acids is 2. The molecule has 1 fully saturated rings. The Bertz CT molecular complexity index is 1310. The highest BCUT2D eigenvalue weighted by atomic mass is 79.9. The van der Waals surface area contributed by atoms with Gasteiger partial charge in [0.15, 0.2) is 0 Å².